The smallest absolute Gasteiger partial charge is 0.320 e. The van der Waals surface area contributed by atoms with Gasteiger partial charge in [0.05, 0.1) is 0 Å². The summed E-state index contributed by atoms with van der Waals surface area (Å²) in [5.74, 6) is -3.85. The van der Waals surface area contributed by atoms with Crippen molar-refractivity contribution in [1.29, 1.82) is 0 Å². The van der Waals surface area contributed by atoms with E-state index in [-0.39, 0.29) is 0 Å². The van der Waals surface area contributed by atoms with E-state index < -0.39 is 48.0 Å². The highest BCUT2D eigenvalue weighted by molar-refractivity contribution is 5.73. The minimum atomic E-state index is -0.963. The predicted octanol–water partition coefficient (Wildman–Crippen LogP) is -2.33. The van der Waals surface area contributed by atoms with Gasteiger partial charge in [0.2, 0.25) is 0 Å². The minimum absolute atomic E-state index is 0.731. The van der Waals surface area contributed by atoms with Crippen LogP contribution in [0.2, 0.25) is 0 Å². The molecule has 0 fully saturated rings. The van der Waals surface area contributed by atoms with Gasteiger partial charge in [-0.1, -0.05) is 0 Å². The number of hydrogen-bond acceptors (Lipinski definition) is 8. The molecule has 0 aromatic heterocycles. The van der Waals surface area contributed by atoms with Crippen LogP contribution in [0.15, 0.2) is 0 Å². The van der Waals surface area contributed by atoms with E-state index in [9.17, 15) is 19.2 Å². The van der Waals surface area contributed by atoms with Crippen molar-refractivity contribution in [1.82, 2.24) is 0 Å². The second-order valence-electron chi connectivity index (χ2n) is 4.51. The third kappa shape index (κ3) is 36.7. The molecule has 0 aliphatic rings. The van der Waals surface area contributed by atoms with E-state index >= 15 is 0 Å². The zero-order valence-corrected chi connectivity index (χ0v) is 14.0. The maximum atomic E-state index is 9.57. The summed E-state index contributed by atoms with van der Waals surface area (Å²) in [6.45, 7) is 5.68. The van der Waals surface area contributed by atoms with Crippen molar-refractivity contribution in [3.8, 4) is 0 Å². The zero-order valence-electron chi connectivity index (χ0n) is 14.0. The van der Waals surface area contributed by atoms with Gasteiger partial charge in [-0.25, -0.2) is 0 Å². The molecule has 0 bridgehead atoms. The molecule has 12 heteroatoms. The lowest BCUT2D eigenvalue weighted by atomic mass is 10.4. The number of carbonyl (C=O) groups is 4. The van der Waals surface area contributed by atoms with Gasteiger partial charge in [-0.2, -0.15) is 0 Å². The van der Waals surface area contributed by atoms with Gasteiger partial charge >= 0.3 is 23.9 Å². The van der Waals surface area contributed by atoms with Crippen LogP contribution >= 0.6 is 0 Å². The number of nitrogens with two attached hydrogens (primary N) is 4. The molecule has 0 aromatic rings. The third-order valence-electron chi connectivity index (χ3n) is 1.56. The molecule has 0 spiro atoms. The Morgan fingerprint density at radius 2 is 0.542 bits per heavy atom. The molecule has 0 rings (SSSR count). The topological polar surface area (TPSA) is 253 Å². The van der Waals surface area contributed by atoms with Crippen LogP contribution in [0, 0.1) is 0 Å². The second-order valence-corrected chi connectivity index (χ2v) is 4.51. The van der Waals surface area contributed by atoms with Gasteiger partial charge in [0.1, 0.15) is 24.2 Å². The fraction of sp³-hybridized carbons (Fsp3) is 0.667. The Labute approximate surface area is 139 Å². The van der Waals surface area contributed by atoms with Crippen molar-refractivity contribution in [2.45, 2.75) is 51.9 Å². The van der Waals surface area contributed by atoms with Gasteiger partial charge in [0.15, 0.2) is 0 Å². The largest absolute Gasteiger partial charge is 0.480 e. The highest BCUT2D eigenvalue weighted by atomic mass is 16.4. The van der Waals surface area contributed by atoms with Crippen LogP contribution in [0.4, 0.5) is 0 Å². The highest BCUT2D eigenvalue weighted by Gasteiger charge is 2.01. The molecule has 0 radical (unpaired) electrons. The average Bonchev–Trinajstić information content (AvgIpc) is 2.40. The summed E-state index contributed by atoms with van der Waals surface area (Å²) in [7, 11) is 0. The Bertz CT molecular complexity index is 311. The summed E-state index contributed by atoms with van der Waals surface area (Å²) in [5, 5.41) is 31.5. The summed E-state index contributed by atoms with van der Waals surface area (Å²) in [4.78, 5) is 38.3. The monoisotopic (exact) mass is 356 g/mol. The maximum Gasteiger partial charge on any atom is 0.320 e. The van der Waals surface area contributed by atoms with Crippen LogP contribution in [-0.2, 0) is 19.2 Å². The molecule has 0 unspecified atom stereocenters. The second kappa shape index (κ2) is 17.1. The van der Waals surface area contributed by atoms with E-state index in [2.05, 4.69) is 0 Å². The maximum absolute atomic E-state index is 9.57. The molecule has 0 heterocycles. The van der Waals surface area contributed by atoms with Crippen LogP contribution in [0.1, 0.15) is 27.7 Å². The van der Waals surface area contributed by atoms with E-state index in [4.69, 9.17) is 43.4 Å². The summed E-state index contributed by atoms with van der Waals surface area (Å²) in [6.07, 6.45) is 0. The SMILES string of the molecule is C[C@H](N)C(=O)O.C[C@H](N)C(=O)O.C[C@H](N)C(=O)O.C[C@H](N)C(=O)O. The molecular formula is C12H28N4O8. The molecule has 0 aliphatic heterocycles. The predicted molar refractivity (Wildman–Crippen MR) is 85.1 cm³/mol. The summed E-state index contributed by atoms with van der Waals surface area (Å²) in [5.41, 5.74) is 19.3. The molecule has 0 saturated carbocycles. The quantitative estimate of drug-likeness (QED) is 0.264. The van der Waals surface area contributed by atoms with Crippen LogP contribution in [-0.4, -0.2) is 68.5 Å². The van der Waals surface area contributed by atoms with E-state index in [1.54, 1.807) is 0 Å². The van der Waals surface area contributed by atoms with Crippen LogP contribution in [0.3, 0.4) is 0 Å². The molecule has 0 amide bonds. The standard InChI is InChI=1S/4C3H7NO2/c4*1-2(4)3(5)6/h4*2H,4H2,1H3,(H,5,6)/t4*2-/m0000/s1. The van der Waals surface area contributed by atoms with Crippen molar-refractivity contribution in [3.63, 3.8) is 0 Å². The third-order valence-corrected chi connectivity index (χ3v) is 1.56. The van der Waals surface area contributed by atoms with E-state index in [1.807, 2.05) is 0 Å². The first kappa shape index (κ1) is 29.7. The first-order valence-corrected chi connectivity index (χ1v) is 6.51. The van der Waals surface area contributed by atoms with Gasteiger partial charge in [-0.3, -0.25) is 19.2 Å². The molecule has 12 N–H and O–H groups in total. The van der Waals surface area contributed by atoms with Gasteiger partial charge < -0.3 is 43.4 Å². The lowest BCUT2D eigenvalue weighted by Gasteiger charge is -1.90. The van der Waals surface area contributed by atoms with E-state index in [1.165, 1.54) is 27.7 Å². The molecule has 24 heavy (non-hydrogen) atoms. The summed E-state index contributed by atoms with van der Waals surface area (Å²) in [6, 6.07) is -2.93. The number of carboxylic acid groups (broad SMARTS) is 4. The highest BCUT2D eigenvalue weighted by Crippen LogP contribution is 1.69. The van der Waals surface area contributed by atoms with Gasteiger partial charge in [0.25, 0.3) is 0 Å². The zero-order chi connectivity index (χ0) is 20.6. The minimum Gasteiger partial charge on any atom is -0.480 e. The Balaban J connectivity index is -0.000000111. The Kier molecular flexibility index (Phi) is 21.1. The van der Waals surface area contributed by atoms with Crippen molar-refractivity contribution < 1.29 is 39.6 Å². The van der Waals surface area contributed by atoms with Crippen molar-refractivity contribution in [2.24, 2.45) is 22.9 Å². The van der Waals surface area contributed by atoms with Crippen molar-refractivity contribution >= 4 is 23.9 Å². The van der Waals surface area contributed by atoms with Crippen molar-refractivity contribution in [2.75, 3.05) is 0 Å². The van der Waals surface area contributed by atoms with Crippen LogP contribution in [0.25, 0.3) is 0 Å². The van der Waals surface area contributed by atoms with Gasteiger partial charge in [-0.15, -0.1) is 0 Å². The first-order valence-electron chi connectivity index (χ1n) is 6.51. The molecule has 0 aliphatic carbocycles. The average molecular weight is 356 g/mol. The lowest BCUT2D eigenvalue weighted by molar-refractivity contribution is -0.139. The van der Waals surface area contributed by atoms with Gasteiger partial charge in [0, 0.05) is 0 Å². The molecule has 0 saturated heterocycles. The molecule has 0 aromatic carbocycles. The molecule has 144 valence electrons. The molecule has 12 nitrogen and oxygen atoms in total. The Morgan fingerprint density at radius 1 is 0.500 bits per heavy atom. The Hall–Kier alpha value is -2.28. The lowest BCUT2D eigenvalue weighted by Crippen LogP contribution is -2.25. The molecular weight excluding hydrogens is 328 g/mol. The molecule has 4 atom stereocenters. The number of aliphatic carboxylic acids is 4. The number of carboxylic acids is 4. The Morgan fingerprint density at radius 3 is 0.542 bits per heavy atom. The van der Waals surface area contributed by atoms with Crippen molar-refractivity contribution in [3.05, 3.63) is 0 Å². The summed E-state index contributed by atoms with van der Waals surface area (Å²) < 4.78 is 0. The van der Waals surface area contributed by atoms with Crippen LogP contribution < -0.4 is 22.9 Å². The first-order chi connectivity index (χ1) is 10.6. The summed E-state index contributed by atoms with van der Waals surface area (Å²) >= 11 is 0. The van der Waals surface area contributed by atoms with Crippen LogP contribution in [0.5, 0.6) is 0 Å². The van der Waals surface area contributed by atoms with Gasteiger partial charge in [-0.05, 0) is 27.7 Å². The van der Waals surface area contributed by atoms with E-state index in [0.717, 1.165) is 0 Å². The normalized spacial score (nSPS) is 13.7. The number of rotatable bonds is 4. The number of hydrogen-bond donors (Lipinski definition) is 8. The fourth-order valence-corrected chi connectivity index (χ4v) is 0. The van der Waals surface area contributed by atoms with E-state index in [0.29, 0.717) is 0 Å². The fourth-order valence-electron chi connectivity index (χ4n) is 0.